The van der Waals surface area contributed by atoms with Gasteiger partial charge in [-0.3, -0.25) is 0 Å². The van der Waals surface area contributed by atoms with E-state index in [4.69, 9.17) is 11.6 Å². The minimum absolute atomic E-state index is 0.0807. The number of hydrogen-bond acceptors (Lipinski definition) is 0. The largest absolute Gasteiger partial charge is 0.273 e. The summed E-state index contributed by atoms with van der Waals surface area (Å²) in [5.74, 6) is -2.67. The Bertz CT molecular complexity index is 320. The average Bonchev–Trinajstić information content (AvgIpc) is 2.28. The molecule has 0 bridgehead atoms. The van der Waals surface area contributed by atoms with Crippen LogP contribution in [0.15, 0.2) is 18.2 Å². The van der Waals surface area contributed by atoms with Crippen LogP contribution in [0.2, 0.25) is 5.02 Å². The Labute approximate surface area is 74.2 Å². The molecule has 64 valence electrons. The number of aryl methyl sites for hydroxylation is 1. The van der Waals surface area contributed by atoms with Gasteiger partial charge in [0.05, 0.1) is 0 Å². The SMILES string of the molecule is FC1(F)CCc2ccc(Cl)cc21. The van der Waals surface area contributed by atoms with E-state index in [1.54, 1.807) is 12.1 Å². The minimum Gasteiger partial charge on any atom is -0.201 e. The highest BCUT2D eigenvalue weighted by atomic mass is 35.5. The highest BCUT2D eigenvalue weighted by molar-refractivity contribution is 6.30. The first-order valence-electron chi connectivity index (χ1n) is 3.76. The van der Waals surface area contributed by atoms with Crippen LogP contribution in [0.3, 0.4) is 0 Å². The van der Waals surface area contributed by atoms with Gasteiger partial charge in [-0.15, -0.1) is 0 Å². The molecule has 0 aromatic heterocycles. The molecule has 1 aliphatic carbocycles. The van der Waals surface area contributed by atoms with Crippen LogP contribution in [0.5, 0.6) is 0 Å². The zero-order valence-electron chi connectivity index (χ0n) is 6.28. The molecule has 0 heterocycles. The molecular weight excluding hydrogens is 182 g/mol. The van der Waals surface area contributed by atoms with Gasteiger partial charge in [-0.1, -0.05) is 17.7 Å². The zero-order valence-corrected chi connectivity index (χ0v) is 7.04. The van der Waals surface area contributed by atoms with Crippen LogP contribution in [0.4, 0.5) is 8.78 Å². The van der Waals surface area contributed by atoms with Gasteiger partial charge in [0.15, 0.2) is 0 Å². The van der Waals surface area contributed by atoms with Gasteiger partial charge in [-0.25, -0.2) is 8.78 Å². The summed E-state index contributed by atoms with van der Waals surface area (Å²) in [6.07, 6.45) is 0.377. The monoisotopic (exact) mass is 188 g/mol. The van der Waals surface area contributed by atoms with Crippen molar-refractivity contribution in [3.63, 3.8) is 0 Å². The molecule has 0 atom stereocenters. The van der Waals surface area contributed by atoms with Crippen molar-refractivity contribution in [1.29, 1.82) is 0 Å². The quantitative estimate of drug-likeness (QED) is 0.586. The lowest BCUT2D eigenvalue weighted by atomic mass is 10.1. The summed E-state index contributed by atoms with van der Waals surface area (Å²) in [6, 6.07) is 4.70. The fraction of sp³-hybridized carbons (Fsp3) is 0.333. The third-order valence-corrected chi connectivity index (χ3v) is 2.41. The second-order valence-corrected chi connectivity index (χ2v) is 3.44. The van der Waals surface area contributed by atoms with E-state index in [1.165, 1.54) is 6.07 Å². The zero-order chi connectivity index (χ0) is 8.77. The Morgan fingerprint density at radius 3 is 2.83 bits per heavy atom. The van der Waals surface area contributed by atoms with Crippen molar-refractivity contribution in [2.75, 3.05) is 0 Å². The first-order chi connectivity index (χ1) is 5.59. The molecule has 0 radical (unpaired) electrons. The predicted octanol–water partition coefficient (Wildman–Crippen LogP) is 3.38. The van der Waals surface area contributed by atoms with E-state index in [2.05, 4.69) is 0 Å². The first kappa shape index (κ1) is 7.99. The number of alkyl halides is 2. The molecular formula is C9H7ClF2. The van der Waals surface area contributed by atoms with Gasteiger partial charge in [-0.05, 0) is 24.1 Å². The highest BCUT2D eigenvalue weighted by Crippen LogP contribution is 2.42. The topological polar surface area (TPSA) is 0 Å². The smallest absolute Gasteiger partial charge is 0.201 e. The van der Waals surface area contributed by atoms with Gasteiger partial charge in [0.25, 0.3) is 5.92 Å². The van der Waals surface area contributed by atoms with Gasteiger partial charge in [0.1, 0.15) is 0 Å². The molecule has 1 aliphatic rings. The minimum atomic E-state index is -2.67. The molecule has 0 fully saturated rings. The Morgan fingerprint density at radius 2 is 2.08 bits per heavy atom. The molecule has 0 spiro atoms. The van der Waals surface area contributed by atoms with E-state index in [0.29, 0.717) is 11.4 Å². The Morgan fingerprint density at radius 1 is 1.33 bits per heavy atom. The standard InChI is InChI=1S/C9H7ClF2/c10-7-2-1-6-3-4-9(11,12)8(6)5-7/h1-2,5H,3-4H2. The fourth-order valence-corrected chi connectivity index (χ4v) is 1.71. The Kier molecular flexibility index (Phi) is 1.62. The molecule has 0 saturated heterocycles. The van der Waals surface area contributed by atoms with Crippen molar-refractivity contribution in [2.24, 2.45) is 0 Å². The number of halogens is 3. The maximum Gasteiger partial charge on any atom is 0.273 e. The van der Waals surface area contributed by atoms with E-state index in [0.717, 1.165) is 5.56 Å². The molecule has 0 nitrogen and oxygen atoms in total. The third kappa shape index (κ3) is 1.11. The van der Waals surface area contributed by atoms with E-state index >= 15 is 0 Å². The van der Waals surface area contributed by atoms with E-state index < -0.39 is 5.92 Å². The molecule has 2 rings (SSSR count). The van der Waals surface area contributed by atoms with Gasteiger partial charge < -0.3 is 0 Å². The number of benzene rings is 1. The van der Waals surface area contributed by atoms with Crippen LogP contribution in [0, 0.1) is 0 Å². The van der Waals surface area contributed by atoms with Crippen LogP contribution < -0.4 is 0 Å². The summed E-state index contributed by atoms with van der Waals surface area (Å²) in [6.45, 7) is 0. The van der Waals surface area contributed by atoms with Crippen LogP contribution in [-0.2, 0) is 12.3 Å². The third-order valence-electron chi connectivity index (χ3n) is 2.17. The molecule has 0 unspecified atom stereocenters. The Hall–Kier alpha value is -0.630. The number of fused-ring (bicyclic) bond motifs is 1. The van der Waals surface area contributed by atoms with Crippen molar-refractivity contribution in [3.8, 4) is 0 Å². The van der Waals surface area contributed by atoms with E-state index in [-0.39, 0.29) is 12.0 Å². The number of hydrogen-bond donors (Lipinski definition) is 0. The molecule has 1 aromatic carbocycles. The van der Waals surface area contributed by atoms with Gasteiger partial charge in [0.2, 0.25) is 0 Å². The predicted molar refractivity (Wildman–Crippen MR) is 43.7 cm³/mol. The van der Waals surface area contributed by atoms with Crippen LogP contribution in [-0.4, -0.2) is 0 Å². The summed E-state index contributed by atoms with van der Waals surface area (Å²) in [7, 11) is 0. The molecule has 12 heavy (non-hydrogen) atoms. The molecule has 0 saturated carbocycles. The molecule has 3 heteroatoms. The van der Waals surface area contributed by atoms with Crippen molar-refractivity contribution < 1.29 is 8.78 Å². The van der Waals surface area contributed by atoms with Crippen molar-refractivity contribution in [1.82, 2.24) is 0 Å². The van der Waals surface area contributed by atoms with Gasteiger partial charge in [-0.2, -0.15) is 0 Å². The summed E-state index contributed by atoms with van der Waals surface area (Å²) in [5, 5.41) is 0.385. The molecule has 0 aliphatic heterocycles. The van der Waals surface area contributed by atoms with Crippen molar-refractivity contribution >= 4 is 11.6 Å². The van der Waals surface area contributed by atoms with Crippen LogP contribution in [0.25, 0.3) is 0 Å². The number of rotatable bonds is 0. The molecule has 0 N–H and O–H groups in total. The van der Waals surface area contributed by atoms with E-state index in [1.807, 2.05) is 0 Å². The lowest BCUT2D eigenvalue weighted by Gasteiger charge is -2.09. The maximum atomic E-state index is 13.1. The summed E-state index contributed by atoms with van der Waals surface area (Å²) in [4.78, 5) is 0. The lowest BCUT2D eigenvalue weighted by Crippen LogP contribution is -2.06. The first-order valence-corrected chi connectivity index (χ1v) is 4.14. The van der Waals surface area contributed by atoms with Crippen LogP contribution in [0.1, 0.15) is 17.5 Å². The van der Waals surface area contributed by atoms with Crippen molar-refractivity contribution in [3.05, 3.63) is 34.3 Å². The van der Waals surface area contributed by atoms with Crippen molar-refractivity contribution in [2.45, 2.75) is 18.8 Å². The summed E-state index contributed by atoms with van der Waals surface area (Å²) in [5.41, 5.74) is 0.833. The second kappa shape index (κ2) is 2.43. The second-order valence-electron chi connectivity index (χ2n) is 3.01. The maximum absolute atomic E-state index is 13.1. The van der Waals surface area contributed by atoms with Gasteiger partial charge in [0, 0.05) is 17.0 Å². The average molecular weight is 189 g/mol. The van der Waals surface area contributed by atoms with Crippen LogP contribution >= 0.6 is 11.6 Å². The normalized spacial score (nSPS) is 19.2. The Balaban J connectivity index is 2.57. The summed E-state index contributed by atoms with van der Waals surface area (Å²) >= 11 is 5.62. The van der Waals surface area contributed by atoms with E-state index in [9.17, 15) is 8.78 Å². The van der Waals surface area contributed by atoms with Gasteiger partial charge >= 0.3 is 0 Å². The summed E-state index contributed by atoms with van der Waals surface area (Å²) < 4.78 is 26.1. The highest BCUT2D eigenvalue weighted by Gasteiger charge is 2.38. The fourth-order valence-electron chi connectivity index (χ4n) is 1.53. The molecule has 1 aromatic rings. The molecule has 0 amide bonds. The lowest BCUT2D eigenvalue weighted by molar-refractivity contribution is -0.00183.